The molecule has 9 heteroatoms. The van der Waals surface area contributed by atoms with Gasteiger partial charge in [-0.15, -0.1) is 10.2 Å². The first-order valence-corrected chi connectivity index (χ1v) is 9.46. The predicted molar refractivity (Wildman–Crippen MR) is 107 cm³/mol. The van der Waals surface area contributed by atoms with E-state index in [9.17, 15) is 9.59 Å². The summed E-state index contributed by atoms with van der Waals surface area (Å²) in [7, 11) is 0. The average Bonchev–Trinajstić information content (AvgIpc) is 3.27. The molecule has 0 aliphatic carbocycles. The molecule has 0 unspecified atom stereocenters. The number of imidazole rings is 1. The molecule has 0 saturated heterocycles. The fraction of sp³-hybridized carbons (Fsp3) is 0.158. The number of aromatic nitrogens is 4. The van der Waals surface area contributed by atoms with Gasteiger partial charge < -0.3 is 19.7 Å². The Balaban J connectivity index is 1.43. The Morgan fingerprint density at radius 2 is 1.96 bits per heavy atom. The molecule has 0 aliphatic heterocycles. The number of thioether (sulfide) groups is 1. The number of carbonyl (C=O) groups is 1. The SMILES string of the molecule is Cc1cccc(-c2nnc(S[C@@H](C)C(=O)Nc3ccc4[nH]c(=O)[nH]c4c3)o2)c1. The number of nitrogens with zero attached hydrogens (tertiary/aromatic N) is 2. The van der Waals surface area contributed by atoms with E-state index in [-0.39, 0.29) is 11.6 Å². The predicted octanol–water partition coefficient (Wildman–Crippen LogP) is 3.33. The van der Waals surface area contributed by atoms with Gasteiger partial charge in [-0.3, -0.25) is 4.79 Å². The van der Waals surface area contributed by atoms with Gasteiger partial charge in [0.05, 0.1) is 16.3 Å². The molecular formula is C19H17N5O3S. The van der Waals surface area contributed by atoms with E-state index in [4.69, 9.17) is 4.42 Å². The van der Waals surface area contributed by atoms with E-state index < -0.39 is 5.25 Å². The molecule has 142 valence electrons. The molecule has 0 fully saturated rings. The molecule has 0 aliphatic rings. The first-order chi connectivity index (χ1) is 13.5. The average molecular weight is 395 g/mol. The summed E-state index contributed by atoms with van der Waals surface area (Å²) in [4.78, 5) is 29.1. The van der Waals surface area contributed by atoms with Crippen LogP contribution in [0, 0.1) is 6.92 Å². The number of hydrogen-bond donors (Lipinski definition) is 3. The molecule has 0 radical (unpaired) electrons. The third kappa shape index (κ3) is 3.84. The lowest BCUT2D eigenvalue weighted by atomic mass is 10.1. The molecule has 0 saturated carbocycles. The molecule has 28 heavy (non-hydrogen) atoms. The third-order valence-electron chi connectivity index (χ3n) is 4.10. The highest BCUT2D eigenvalue weighted by Gasteiger charge is 2.19. The second-order valence-corrected chi connectivity index (χ2v) is 7.62. The van der Waals surface area contributed by atoms with Crippen LogP contribution in [0.2, 0.25) is 0 Å². The summed E-state index contributed by atoms with van der Waals surface area (Å²) in [5.74, 6) is 0.207. The first-order valence-electron chi connectivity index (χ1n) is 8.58. The van der Waals surface area contributed by atoms with Gasteiger partial charge in [0.2, 0.25) is 11.8 Å². The van der Waals surface area contributed by atoms with Crippen molar-refractivity contribution in [1.29, 1.82) is 0 Å². The van der Waals surface area contributed by atoms with Gasteiger partial charge >= 0.3 is 5.69 Å². The van der Waals surface area contributed by atoms with Crippen molar-refractivity contribution in [2.45, 2.75) is 24.3 Å². The lowest BCUT2D eigenvalue weighted by Crippen LogP contribution is -2.22. The van der Waals surface area contributed by atoms with E-state index in [0.29, 0.717) is 27.8 Å². The first kappa shape index (κ1) is 18.1. The molecular weight excluding hydrogens is 378 g/mol. The molecule has 3 N–H and O–H groups in total. The standard InChI is InChI=1S/C19H17N5O3S/c1-10-4-3-5-12(8-10)17-23-24-19(27-17)28-11(2)16(25)20-13-6-7-14-15(9-13)22-18(26)21-14/h3-9,11H,1-2H3,(H,20,25)(H2,21,22,26)/t11-/m0/s1. The monoisotopic (exact) mass is 395 g/mol. The largest absolute Gasteiger partial charge is 0.411 e. The van der Waals surface area contributed by atoms with Crippen molar-refractivity contribution in [1.82, 2.24) is 20.2 Å². The van der Waals surface area contributed by atoms with E-state index >= 15 is 0 Å². The Bertz CT molecular complexity index is 1210. The smallest absolute Gasteiger partial charge is 0.323 e. The fourth-order valence-electron chi connectivity index (χ4n) is 2.71. The second kappa shape index (κ2) is 7.35. The summed E-state index contributed by atoms with van der Waals surface area (Å²) in [6, 6.07) is 12.9. The summed E-state index contributed by atoms with van der Waals surface area (Å²) < 4.78 is 5.67. The van der Waals surface area contributed by atoms with Crippen molar-refractivity contribution in [2.75, 3.05) is 5.32 Å². The number of fused-ring (bicyclic) bond motifs is 1. The number of anilines is 1. The molecule has 0 bridgehead atoms. The number of nitrogens with one attached hydrogen (secondary N) is 3. The normalized spacial score (nSPS) is 12.2. The summed E-state index contributed by atoms with van der Waals surface area (Å²) in [6.07, 6.45) is 0. The van der Waals surface area contributed by atoms with Crippen molar-refractivity contribution in [3.05, 3.63) is 58.5 Å². The van der Waals surface area contributed by atoms with Crippen LogP contribution in [0.5, 0.6) is 0 Å². The highest BCUT2D eigenvalue weighted by atomic mass is 32.2. The minimum atomic E-state index is -0.452. The van der Waals surface area contributed by atoms with Gasteiger partial charge in [0, 0.05) is 11.3 Å². The zero-order valence-electron chi connectivity index (χ0n) is 15.1. The van der Waals surface area contributed by atoms with Crippen LogP contribution in [0.3, 0.4) is 0 Å². The molecule has 2 aromatic carbocycles. The molecule has 2 aromatic heterocycles. The third-order valence-corrected chi connectivity index (χ3v) is 5.04. The molecule has 4 aromatic rings. The van der Waals surface area contributed by atoms with Gasteiger partial charge in [-0.2, -0.15) is 0 Å². The number of hydrogen-bond acceptors (Lipinski definition) is 6. The van der Waals surface area contributed by atoms with E-state index in [1.54, 1.807) is 25.1 Å². The Morgan fingerprint density at radius 3 is 2.79 bits per heavy atom. The Kier molecular flexibility index (Phi) is 4.74. The van der Waals surface area contributed by atoms with Crippen LogP contribution in [0.4, 0.5) is 5.69 Å². The molecule has 0 spiro atoms. The minimum Gasteiger partial charge on any atom is -0.411 e. The second-order valence-electron chi connectivity index (χ2n) is 6.33. The topological polar surface area (TPSA) is 117 Å². The van der Waals surface area contributed by atoms with Crippen molar-refractivity contribution < 1.29 is 9.21 Å². The number of carbonyl (C=O) groups excluding carboxylic acids is 1. The molecule has 1 atom stereocenters. The summed E-state index contributed by atoms with van der Waals surface area (Å²) in [6.45, 7) is 3.75. The molecule has 2 heterocycles. The van der Waals surface area contributed by atoms with Gasteiger partial charge in [0.1, 0.15) is 0 Å². The number of H-pyrrole nitrogens is 2. The van der Waals surface area contributed by atoms with Crippen molar-refractivity contribution in [3.63, 3.8) is 0 Å². The van der Waals surface area contributed by atoms with Crippen LogP contribution < -0.4 is 11.0 Å². The van der Waals surface area contributed by atoms with Crippen LogP contribution in [-0.4, -0.2) is 31.3 Å². The zero-order chi connectivity index (χ0) is 19.7. The Labute approximate surface area is 163 Å². The highest BCUT2D eigenvalue weighted by molar-refractivity contribution is 8.00. The van der Waals surface area contributed by atoms with Crippen LogP contribution in [0.15, 0.2) is 56.9 Å². The number of aromatic amines is 2. The maximum atomic E-state index is 12.5. The van der Waals surface area contributed by atoms with E-state index in [2.05, 4.69) is 25.5 Å². The summed E-state index contributed by atoms with van der Waals surface area (Å²) >= 11 is 1.18. The lowest BCUT2D eigenvalue weighted by molar-refractivity contribution is -0.115. The van der Waals surface area contributed by atoms with Gasteiger partial charge in [0.25, 0.3) is 5.22 Å². The van der Waals surface area contributed by atoms with Gasteiger partial charge in [-0.1, -0.05) is 29.5 Å². The quantitative estimate of drug-likeness (QED) is 0.446. The van der Waals surface area contributed by atoms with Gasteiger partial charge in [0.15, 0.2) is 0 Å². The Hall–Kier alpha value is -3.33. The summed E-state index contributed by atoms with van der Waals surface area (Å²) in [5.41, 5.74) is 3.54. The highest BCUT2D eigenvalue weighted by Crippen LogP contribution is 2.27. The molecule has 1 amide bonds. The van der Waals surface area contributed by atoms with Gasteiger partial charge in [-0.25, -0.2) is 4.79 Å². The van der Waals surface area contributed by atoms with Crippen molar-refractivity contribution in [2.24, 2.45) is 0 Å². The van der Waals surface area contributed by atoms with Crippen LogP contribution in [0.25, 0.3) is 22.5 Å². The van der Waals surface area contributed by atoms with E-state index in [0.717, 1.165) is 11.1 Å². The number of amides is 1. The number of rotatable bonds is 5. The molecule has 4 rings (SSSR count). The van der Waals surface area contributed by atoms with E-state index in [1.807, 2.05) is 31.2 Å². The Morgan fingerprint density at radius 1 is 1.14 bits per heavy atom. The number of benzene rings is 2. The van der Waals surface area contributed by atoms with Crippen molar-refractivity contribution in [3.8, 4) is 11.5 Å². The maximum Gasteiger partial charge on any atom is 0.323 e. The summed E-state index contributed by atoms with van der Waals surface area (Å²) in [5, 5.41) is 10.8. The van der Waals surface area contributed by atoms with Crippen LogP contribution in [0.1, 0.15) is 12.5 Å². The van der Waals surface area contributed by atoms with Gasteiger partial charge in [-0.05, 0) is 44.2 Å². The van der Waals surface area contributed by atoms with Crippen LogP contribution >= 0.6 is 11.8 Å². The fourth-order valence-corrected chi connectivity index (χ4v) is 3.39. The maximum absolute atomic E-state index is 12.5. The zero-order valence-corrected chi connectivity index (χ0v) is 16.0. The van der Waals surface area contributed by atoms with Crippen LogP contribution in [-0.2, 0) is 4.79 Å². The molecule has 8 nitrogen and oxygen atoms in total. The lowest BCUT2D eigenvalue weighted by Gasteiger charge is -2.09. The number of aryl methyl sites for hydroxylation is 1. The van der Waals surface area contributed by atoms with E-state index in [1.165, 1.54) is 11.8 Å². The minimum absolute atomic E-state index is 0.211. The van der Waals surface area contributed by atoms with Crippen molar-refractivity contribution >= 4 is 34.4 Å².